The van der Waals surface area contributed by atoms with Crippen molar-refractivity contribution in [3.05, 3.63) is 52.0 Å². The largest absolute Gasteiger partial charge is 0.348 e. The lowest BCUT2D eigenvalue weighted by molar-refractivity contribution is -0.130. The summed E-state index contributed by atoms with van der Waals surface area (Å²) in [6, 6.07) is 8.08. The maximum absolute atomic E-state index is 12.7. The number of carbonyl (C=O) groups is 1. The van der Waals surface area contributed by atoms with Gasteiger partial charge in [0.25, 0.3) is 0 Å². The third-order valence-corrected chi connectivity index (χ3v) is 5.68. The van der Waals surface area contributed by atoms with Crippen LogP contribution in [0.25, 0.3) is 0 Å². The molecule has 1 unspecified atom stereocenters. The first-order valence-corrected chi connectivity index (χ1v) is 9.80. The van der Waals surface area contributed by atoms with Crippen molar-refractivity contribution in [2.75, 3.05) is 18.1 Å². The predicted octanol–water partition coefficient (Wildman–Crippen LogP) is 3.79. The van der Waals surface area contributed by atoms with E-state index in [1.165, 1.54) is 0 Å². The van der Waals surface area contributed by atoms with Gasteiger partial charge in [0.15, 0.2) is 0 Å². The second kappa shape index (κ2) is 7.53. The van der Waals surface area contributed by atoms with E-state index < -0.39 is 0 Å². The number of nitrogens with one attached hydrogen (secondary N) is 1. The highest BCUT2D eigenvalue weighted by atomic mass is 79.9. The van der Waals surface area contributed by atoms with Crippen molar-refractivity contribution in [1.29, 1.82) is 0 Å². The summed E-state index contributed by atoms with van der Waals surface area (Å²) in [6.07, 6.45) is 3.67. The van der Waals surface area contributed by atoms with Gasteiger partial charge in [0, 0.05) is 23.1 Å². The number of H-pyrrole nitrogens is 1. The van der Waals surface area contributed by atoms with E-state index in [1.54, 1.807) is 18.1 Å². The smallest absolute Gasteiger partial charge is 0.233 e. The number of hydrogen-bond donors (Lipinski definition) is 1. The van der Waals surface area contributed by atoms with Crippen LogP contribution in [0.15, 0.2) is 35.1 Å². The quantitative estimate of drug-likeness (QED) is 0.785. The molecule has 1 N–H and O–H groups in total. The highest BCUT2D eigenvalue weighted by Gasteiger charge is 2.33. The normalized spacial score (nSPS) is 17.1. The molecule has 23 heavy (non-hydrogen) atoms. The Morgan fingerprint density at radius 3 is 2.96 bits per heavy atom. The third-order valence-electron chi connectivity index (χ3n) is 4.01. The zero-order valence-electron chi connectivity index (χ0n) is 13.1. The monoisotopic (exact) mass is 393 g/mol. The Morgan fingerprint density at radius 2 is 2.22 bits per heavy atom. The topological polar surface area (TPSA) is 49.0 Å². The molecule has 0 fully saturated rings. The van der Waals surface area contributed by atoms with Crippen molar-refractivity contribution in [3.63, 3.8) is 0 Å². The summed E-state index contributed by atoms with van der Waals surface area (Å²) >= 11 is 5.19. The number of benzene rings is 1. The van der Waals surface area contributed by atoms with Crippen molar-refractivity contribution in [2.45, 2.75) is 25.8 Å². The number of hydrogen-bond acceptors (Lipinski definition) is 3. The average molecular weight is 394 g/mol. The first kappa shape index (κ1) is 16.6. The van der Waals surface area contributed by atoms with Crippen molar-refractivity contribution in [1.82, 2.24) is 14.9 Å². The molecule has 2 aromatic rings. The molecule has 1 aliphatic rings. The second-order valence-corrected chi connectivity index (χ2v) is 7.63. The van der Waals surface area contributed by atoms with Gasteiger partial charge in [-0.1, -0.05) is 35.0 Å². The Hall–Kier alpha value is -1.27. The predicted molar refractivity (Wildman–Crippen MR) is 97.6 cm³/mol. The first-order chi connectivity index (χ1) is 11.2. The minimum absolute atomic E-state index is 0.0900. The van der Waals surface area contributed by atoms with Crippen molar-refractivity contribution in [3.8, 4) is 0 Å². The number of halogens is 1. The van der Waals surface area contributed by atoms with Crippen LogP contribution >= 0.6 is 27.7 Å². The van der Waals surface area contributed by atoms with E-state index in [9.17, 15) is 4.79 Å². The van der Waals surface area contributed by atoms with Gasteiger partial charge in [-0.05, 0) is 29.9 Å². The fourth-order valence-electron chi connectivity index (χ4n) is 2.91. The molecule has 0 saturated carbocycles. The molecule has 1 aromatic heterocycles. The van der Waals surface area contributed by atoms with Crippen molar-refractivity contribution in [2.24, 2.45) is 0 Å². The van der Waals surface area contributed by atoms with Crippen LogP contribution in [0.5, 0.6) is 0 Å². The Labute approximate surface area is 149 Å². The van der Waals surface area contributed by atoms with Gasteiger partial charge in [-0.25, -0.2) is 4.98 Å². The molecule has 0 saturated heterocycles. The molecule has 1 atom stereocenters. The minimum Gasteiger partial charge on any atom is -0.348 e. The number of amides is 1. The molecule has 0 spiro atoms. The molecule has 0 aliphatic carbocycles. The van der Waals surface area contributed by atoms with Crippen molar-refractivity contribution >= 4 is 33.6 Å². The Kier molecular flexibility index (Phi) is 5.43. The van der Waals surface area contributed by atoms with Gasteiger partial charge in [-0.15, -0.1) is 0 Å². The second-order valence-electron chi connectivity index (χ2n) is 5.61. The minimum atomic E-state index is -0.0900. The number of carbonyl (C=O) groups excluding carboxylic acids is 1. The Morgan fingerprint density at radius 1 is 1.43 bits per heavy atom. The SMILES string of the molecule is CCCSCC(=O)N1CCc2[nH]cnc2C1c1ccc(Br)cc1. The van der Waals surface area contributed by atoms with Crippen LogP contribution in [-0.2, 0) is 11.2 Å². The zero-order chi connectivity index (χ0) is 16.2. The number of rotatable bonds is 5. The lowest BCUT2D eigenvalue weighted by atomic mass is 9.95. The standard InChI is InChI=1S/C17H20BrN3OS/c1-2-9-23-10-15(22)21-8-7-14-16(20-11-19-14)17(21)12-3-5-13(18)6-4-12/h3-6,11,17H,2,7-10H2,1H3,(H,19,20). The Balaban J connectivity index is 1.89. The summed E-state index contributed by atoms with van der Waals surface area (Å²) < 4.78 is 1.04. The molecular formula is C17H20BrN3OS. The highest BCUT2D eigenvalue weighted by Crippen LogP contribution is 2.34. The average Bonchev–Trinajstić information content (AvgIpc) is 3.03. The number of thioether (sulfide) groups is 1. The number of nitrogens with zero attached hydrogens (tertiary/aromatic N) is 2. The Bertz CT molecular complexity index is 671. The summed E-state index contributed by atoms with van der Waals surface area (Å²) in [5.74, 6) is 1.77. The summed E-state index contributed by atoms with van der Waals surface area (Å²) in [5, 5.41) is 0. The summed E-state index contributed by atoms with van der Waals surface area (Å²) in [5.41, 5.74) is 3.23. The summed E-state index contributed by atoms with van der Waals surface area (Å²) in [6.45, 7) is 2.88. The van der Waals surface area contributed by atoms with Crippen LogP contribution < -0.4 is 0 Å². The zero-order valence-corrected chi connectivity index (χ0v) is 15.5. The number of aromatic nitrogens is 2. The third kappa shape index (κ3) is 3.63. The van der Waals surface area contributed by atoms with E-state index in [0.29, 0.717) is 5.75 Å². The van der Waals surface area contributed by atoms with E-state index in [1.807, 2.05) is 17.0 Å². The van der Waals surface area contributed by atoms with E-state index >= 15 is 0 Å². The van der Waals surface area contributed by atoms with Crippen LogP contribution in [0.2, 0.25) is 0 Å². The molecular weight excluding hydrogens is 374 g/mol. The maximum Gasteiger partial charge on any atom is 0.233 e. The molecule has 2 heterocycles. The summed E-state index contributed by atoms with van der Waals surface area (Å²) in [7, 11) is 0. The van der Waals surface area contributed by atoms with Gasteiger partial charge in [-0.2, -0.15) is 11.8 Å². The molecule has 122 valence electrons. The maximum atomic E-state index is 12.7. The fraction of sp³-hybridized carbons (Fsp3) is 0.412. The van der Waals surface area contributed by atoms with Crippen LogP contribution in [0, 0.1) is 0 Å². The van der Waals surface area contributed by atoms with Gasteiger partial charge >= 0.3 is 0 Å². The van der Waals surface area contributed by atoms with Crippen LogP contribution in [0.3, 0.4) is 0 Å². The van der Waals surface area contributed by atoms with Crippen LogP contribution in [0.4, 0.5) is 0 Å². The van der Waals surface area contributed by atoms with E-state index in [-0.39, 0.29) is 11.9 Å². The molecule has 6 heteroatoms. The molecule has 1 aliphatic heterocycles. The lowest BCUT2D eigenvalue weighted by Gasteiger charge is -2.35. The molecule has 4 nitrogen and oxygen atoms in total. The molecule has 0 bridgehead atoms. The van der Waals surface area contributed by atoms with Gasteiger partial charge in [0.1, 0.15) is 6.04 Å². The van der Waals surface area contributed by atoms with E-state index in [2.05, 4.69) is 45.0 Å². The number of fused-ring (bicyclic) bond motifs is 1. The first-order valence-electron chi connectivity index (χ1n) is 7.85. The molecule has 3 rings (SSSR count). The lowest BCUT2D eigenvalue weighted by Crippen LogP contribution is -2.41. The number of aromatic amines is 1. The van der Waals surface area contributed by atoms with E-state index in [0.717, 1.165) is 46.6 Å². The molecule has 0 radical (unpaired) electrons. The van der Waals surface area contributed by atoms with Gasteiger partial charge in [-0.3, -0.25) is 4.79 Å². The van der Waals surface area contributed by atoms with Crippen molar-refractivity contribution < 1.29 is 4.79 Å². The van der Waals surface area contributed by atoms with Gasteiger partial charge in [0.05, 0.1) is 17.8 Å². The summed E-state index contributed by atoms with van der Waals surface area (Å²) in [4.78, 5) is 22.4. The van der Waals surface area contributed by atoms with Gasteiger partial charge in [0.2, 0.25) is 5.91 Å². The fourth-order valence-corrected chi connectivity index (χ4v) is 3.95. The van der Waals surface area contributed by atoms with Gasteiger partial charge < -0.3 is 9.88 Å². The number of imidazole rings is 1. The molecule has 1 aromatic carbocycles. The van der Waals surface area contributed by atoms with Crippen LogP contribution in [0.1, 0.15) is 36.3 Å². The van der Waals surface area contributed by atoms with Crippen LogP contribution in [-0.4, -0.2) is 38.8 Å². The van der Waals surface area contributed by atoms with E-state index in [4.69, 9.17) is 0 Å². The molecule has 1 amide bonds. The highest BCUT2D eigenvalue weighted by molar-refractivity contribution is 9.10.